The average molecular weight is 191 g/mol. The van der Waals surface area contributed by atoms with Crippen LogP contribution in [0.25, 0.3) is 11.3 Å². The molecule has 0 fully saturated rings. The number of nitrogens with one attached hydrogen (secondary N) is 1. The molecule has 72 valence electrons. The van der Waals surface area contributed by atoms with E-state index in [1.807, 2.05) is 6.07 Å². The summed E-state index contributed by atoms with van der Waals surface area (Å²) in [4.78, 5) is 0. The second-order valence-corrected chi connectivity index (χ2v) is 2.98. The quantitative estimate of drug-likeness (QED) is 0.758. The number of aromatic amines is 1. The zero-order valence-electron chi connectivity index (χ0n) is 7.50. The number of nitrogens with two attached hydrogens (primary N) is 1. The molecule has 1 heterocycles. The van der Waals surface area contributed by atoms with E-state index in [0.717, 1.165) is 16.8 Å². The lowest BCUT2D eigenvalue weighted by molar-refractivity contribution is 0.625. The summed E-state index contributed by atoms with van der Waals surface area (Å²) in [6, 6.07) is 6.38. The fourth-order valence-corrected chi connectivity index (χ4v) is 1.40. The van der Waals surface area contributed by atoms with Crippen molar-refractivity contribution in [1.29, 1.82) is 0 Å². The van der Waals surface area contributed by atoms with E-state index >= 15 is 0 Å². The third-order valence-electron chi connectivity index (χ3n) is 2.08. The summed E-state index contributed by atoms with van der Waals surface area (Å²) >= 11 is 0. The molecule has 0 amide bonds. The van der Waals surface area contributed by atoms with Gasteiger partial charge in [-0.3, -0.25) is 5.10 Å². The number of hydrogen-bond donors (Lipinski definition) is 2. The zero-order chi connectivity index (χ0) is 9.97. The lowest BCUT2D eigenvalue weighted by Gasteiger charge is -2.04. The van der Waals surface area contributed by atoms with Gasteiger partial charge < -0.3 is 5.73 Å². The van der Waals surface area contributed by atoms with E-state index in [-0.39, 0.29) is 5.82 Å². The van der Waals surface area contributed by atoms with Gasteiger partial charge in [0.25, 0.3) is 0 Å². The van der Waals surface area contributed by atoms with Gasteiger partial charge in [0.1, 0.15) is 5.82 Å². The van der Waals surface area contributed by atoms with E-state index in [0.29, 0.717) is 6.54 Å². The van der Waals surface area contributed by atoms with Crippen LogP contribution in [-0.4, -0.2) is 10.2 Å². The second kappa shape index (κ2) is 3.59. The van der Waals surface area contributed by atoms with Crippen molar-refractivity contribution in [2.75, 3.05) is 0 Å². The molecule has 3 nitrogen and oxygen atoms in total. The average Bonchev–Trinajstić information content (AvgIpc) is 2.70. The number of hydrogen-bond acceptors (Lipinski definition) is 2. The molecule has 0 radical (unpaired) electrons. The fourth-order valence-electron chi connectivity index (χ4n) is 1.40. The van der Waals surface area contributed by atoms with Crippen molar-refractivity contribution < 1.29 is 4.39 Å². The van der Waals surface area contributed by atoms with Crippen molar-refractivity contribution in [3.05, 3.63) is 41.8 Å². The molecule has 0 atom stereocenters. The van der Waals surface area contributed by atoms with Crippen molar-refractivity contribution >= 4 is 0 Å². The topological polar surface area (TPSA) is 54.7 Å². The van der Waals surface area contributed by atoms with Crippen molar-refractivity contribution in [1.82, 2.24) is 10.2 Å². The highest BCUT2D eigenvalue weighted by molar-refractivity contribution is 5.63. The van der Waals surface area contributed by atoms with Crippen LogP contribution >= 0.6 is 0 Å². The summed E-state index contributed by atoms with van der Waals surface area (Å²) in [6.45, 7) is 0.312. The Labute approximate surface area is 80.8 Å². The number of nitrogens with zero attached hydrogens (tertiary/aromatic N) is 1. The Kier molecular flexibility index (Phi) is 2.28. The molecule has 2 aromatic rings. The third kappa shape index (κ3) is 1.52. The molecule has 0 bridgehead atoms. The number of halogens is 1. The monoisotopic (exact) mass is 191 g/mol. The van der Waals surface area contributed by atoms with Crippen molar-refractivity contribution in [3.63, 3.8) is 0 Å². The maximum atomic E-state index is 12.9. The number of rotatable bonds is 2. The van der Waals surface area contributed by atoms with Gasteiger partial charge >= 0.3 is 0 Å². The fraction of sp³-hybridized carbons (Fsp3) is 0.100. The SMILES string of the molecule is NCc1cc(F)ccc1-c1ccn[nH]1. The first-order valence-electron chi connectivity index (χ1n) is 4.29. The van der Waals surface area contributed by atoms with Gasteiger partial charge in [0, 0.05) is 18.3 Å². The van der Waals surface area contributed by atoms with Crippen LogP contribution in [0.5, 0.6) is 0 Å². The second-order valence-electron chi connectivity index (χ2n) is 2.98. The molecule has 0 aliphatic heterocycles. The molecular weight excluding hydrogens is 181 g/mol. The Balaban J connectivity index is 2.53. The van der Waals surface area contributed by atoms with Crippen LogP contribution in [0.1, 0.15) is 5.56 Å². The molecule has 0 spiro atoms. The molecule has 2 rings (SSSR count). The Morgan fingerprint density at radius 1 is 1.36 bits per heavy atom. The summed E-state index contributed by atoms with van der Waals surface area (Å²) < 4.78 is 12.9. The summed E-state index contributed by atoms with van der Waals surface area (Å²) in [6.07, 6.45) is 1.65. The lowest BCUT2D eigenvalue weighted by atomic mass is 10.0. The molecule has 3 N–H and O–H groups in total. The first kappa shape index (κ1) is 8.90. The van der Waals surface area contributed by atoms with E-state index in [1.165, 1.54) is 12.1 Å². The van der Waals surface area contributed by atoms with Crippen LogP contribution in [0.2, 0.25) is 0 Å². The maximum absolute atomic E-state index is 12.9. The Morgan fingerprint density at radius 3 is 2.86 bits per heavy atom. The molecular formula is C10H10FN3. The Hall–Kier alpha value is -1.68. The van der Waals surface area contributed by atoms with Crippen molar-refractivity contribution in [3.8, 4) is 11.3 Å². The maximum Gasteiger partial charge on any atom is 0.123 e. The van der Waals surface area contributed by atoms with Crippen molar-refractivity contribution in [2.24, 2.45) is 5.73 Å². The van der Waals surface area contributed by atoms with Gasteiger partial charge in [0.15, 0.2) is 0 Å². The van der Waals surface area contributed by atoms with Gasteiger partial charge in [0.05, 0.1) is 5.69 Å². The van der Waals surface area contributed by atoms with Gasteiger partial charge in [0.2, 0.25) is 0 Å². The highest BCUT2D eigenvalue weighted by Crippen LogP contribution is 2.21. The molecule has 14 heavy (non-hydrogen) atoms. The minimum absolute atomic E-state index is 0.270. The predicted octanol–water partition coefficient (Wildman–Crippen LogP) is 1.67. The van der Waals surface area contributed by atoms with Gasteiger partial charge in [-0.1, -0.05) is 0 Å². The largest absolute Gasteiger partial charge is 0.326 e. The van der Waals surface area contributed by atoms with Gasteiger partial charge in [-0.25, -0.2) is 4.39 Å². The minimum atomic E-state index is -0.270. The minimum Gasteiger partial charge on any atom is -0.326 e. The van der Waals surface area contributed by atoms with Gasteiger partial charge in [-0.2, -0.15) is 5.10 Å². The van der Waals surface area contributed by atoms with Crippen LogP contribution in [0.3, 0.4) is 0 Å². The Morgan fingerprint density at radius 2 is 2.21 bits per heavy atom. The van der Waals surface area contributed by atoms with Crippen LogP contribution in [0.4, 0.5) is 4.39 Å². The molecule has 0 saturated carbocycles. The van der Waals surface area contributed by atoms with E-state index in [1.54, 1.807) is 12.3 Å². The highest BCUT2D eigenvalue weighted by atomic mass is 19.1. The normalized spacial score (nSPS) is 10.4. The first-order chi connectivity index (χ1) is 6.81. The van der Waals surface area contributed by atoms with Gasteiger partial charge in [-0.05, 0) is 29.8 Å². The smallest absolute Gasteiger partial charge is 0.123 e. The molecule has 4 heteroatoms. The Bertz CT molecular complexity index is 423. The summed E-state index contributed by atoms with van der Waals surface area (Å²) in [5.74, 6) is -0.270. The van der Waals surface area contributed by atoms with E-state index < -0.39 is 0 Å². The van der Waals surface area contributed by atoms with Crippen LogP contribution in [0, 0.1) is 5.82 Å². The molecule has 0 saturated heterocycles. The summed E-state index contributed by atoms with van der Waals surface area (Å²) in [5, 5.41) is 6.66. The van der Waals surface area contributed by atoms with E-state index in [9.17, 15) is 4.39 Å². The summed E-state index contributed by atoms with van der Waals surface area (Å²) in [7, 11) is 0. The van der Waals surface area contributed by atoms with E-state index in [2.05, 4.69) is 10.2 Å². The standard InChI is InChI=1S/C10H10FN3/c11-8-1-2-9(7(5-8)6-12)10-3-4-13-14-10/h1-5H,6,12H2,(H,13,14). The highest BCUT2D eigenvalue weighted by Gasteiger charge is 2.05. The van der Waals surface area contributed by atoms with Crippen LogP contribution in [0.15, 0.2) is 30.5 Å². The zero-order valence-corrected chi connectivity index (χ0v) is 7.50. The molecule has 0 aliphatic carbocycles. The van der Waals surface area contributed by atoms with Crippen LogP contribution in [-0.2, 0) is 6.54 Å². The number of H-pyrrole nitrogens is 1. The molecule has 0 aliphatic rings. The van der Waals surface area contributed by atoms with Crippen molar-refractivity contribution in [2.45, 2.75) is 6.54 Å². The molecule has 0 unspecified atom stereocenters. The predicted molar refractivity (Wildman–Crippen MR) is 51.9 cm³/mol. The van der Waals surface area contributed by atoms with Crippen LogP contribution < -0.4 is 5.73 Å². The molecule has 1 aromatic carbocycles. The third-order valence-corrected chi connectivity index (χ3v) is 2.08. The first-order valence-corrected chi connectivity index (χ1v) is 4.29. The number of benzene rings is 1. The number of aromatic nitrogens is 2. The molecule has 1 aromatic heterocycles. The van der Waals surface area contributed by atoms with E-state index in [4.69, 9.17) is 5.73 Å². The summed E-state index contributed by atoms with van der Waals surface area (Å²) in [5.41, 5.74) is 8.04. The van der Waals surface area contributed by atoms with Gasteiger partial charge in [-0.15, -0.1) is 0 Å². The lowest BCUT2D eigenvalue weighted by Crippen LogP contribution is -1.99.